The average molecular weight is 420 g/mol. The van der Waals surface area contributed by atoms with Crippen LogP contribution in [0, 0.1) is 5.92 Å². The molecule has 0 saturated heterocycles. The normalized spacial score (nSPS) is 15.8. The van der Waals surface area contributed by atoms with Gasteiger partial charge in [0.25, 0.3) is 0 Å². The quantitative estimate of drug-likeness (QED) is 0.411. The number of rotatable bonds is 8. The van der Waals surface area contributed by atoms with Crippen LogP contribution >= 0.6 is 0 Å². The molecule has 0 aromatic heterocycles. The SMILES string of the molecule is CC[C@H](C)[C@H](NC(=O)N1CC(=O)Nc2ccccc21)C(=O)N[C@@H](CC(=O)O)C(=O)O. The summed E-state index contributed by atoms with van der Waals surface area (Å²) in [6.07, 6.45) is -0.325. The minimum atomic E-state index is -1.64. The third kappa shape index (κ3) is 5.46. The van der Waals surface area contributed by atoms with Crippen molar-refractivity contribution in [2.24, 2.45) is 5.92 Å². The average Bonchev–Trinajstić information content (AvgIpc) is 2.69. The van der Waals surface area contributed by atoms with Crippen LogP contribution in [-0.2, 0) is 19.2 Å². The van der Waals surface area contributed by atoms with Crippen molar-refractivity contribution in [2.75, 3.05) is 16.8 Å². The molecule has 5 N–H and O–H groups in total. The van der Waals surface area contributed by atoms with Gasteiger partial charge in [0.1, 0.15) is 18.6 Å². The molecule has 0 bridgehead atoms. The third-order valence-corrected chi connectivity index (χ3v) is 4.78. The van der Waals surface area contributed by atoms with E-state index in [4.69, 9.17) is 10.2 Å². The Hall–Kier alpha value is -3.63. The van der Waals surface area contributed by atoms with Crippen molar-refractivity contribution in [3.63, 3.8) is 0 Å². The Labute approximate surface area is 172 Å². The maximum absolute atomic E-state index is 12.9. The molecule has 0 radical (unpaired) electrons. The molecular weight excluding hydrogens is 396 g/mol. The molecule has 1 aliphatic rings. The standard InChI is InChI=1S/C19H24N4O7/c1-3-10(2)16(17(27)21-12(18(28)29)8-15(25)26)22-19(30)23-9-14(24)20-11-6-4-5-7-13(11)23/h4-7,10,12,16H,3,8-9H2,1-2H3,(H,20,24)(H,21,27)(H,22,30)(H,25,26)(H,28,29)/t10-,12-,16-/m0/s1. The van der Waals surface area contributed by atoms with E-state index in [0.717, 1.165) is 0 Å². The van der Waals surface area contributed by atoms with Crippen molar-refractivity contribution in [1.29, 1.82) is 0 Å². The van der Waals surface area contributed by atoms with Crippen molar-refractivity contribution in [1.82, 2.24) is 10.6 Å². The maximum Gasteiger partial charge on any atom is 0.326 e. The number of nitrogens with zero attached hydrogens (tertiary/aromatic N) is 1. The van der Waals surface area contributed by atoms with Crippen molar-refractivity contribution < 1.29 is 34.2 Å². The van der Waals surface area contributed by atoms with Crippen LogP contribution in [-0.4, -0.2) is 58.6 Å². The molecule has 30 heavy (non-hydrogen) atoms. The largest absolute Gasteiger partial charge is 0.481 e. The smallest absolute Gasteiger partial charge is 0.326 e. The molecule has 11 heteroatoms. The molecule has 1 aliphatic heterocycles. The molecule has 0 unspecified atom stereocenters. The number of carboxylic acids is 2. The monoisotopic (exact) mass is 420 g/mol. The molecule has 1 aromatic carbocycles. The first kappa shape index (κ1) is 22.7. The van der Waals surface area contributed by atoms with Crippen LogP contribution in [0.5, 0.6) is 0 Å². The number of urea groups is 1. The molecule has 0 saturated carbocycles. The number of aliphatic carboxylic acids is 2. The first-order valence-corrected chi connectivity index (χ1v) is 9.35. The molecule has 3 atom stereocenters. The molecule has 1 heterocycles. The third-order valence-electron chi connectivity index (χ3n) is 4.78. The van der Waals surface area contributed by atoms with Gasteiger partial charge in [-0.2, -0.15) is 0 Å². The van der Waals surface area contributed by atoms with Gasteiger partial charge < -0.3 is 26.2 Å². The second kappa shape index (κ2) is 9.72. The summed E-state index contributed by atoms with van der Waals surface area (Å²) in [6.45, 7) is 3.22. The Morgan fingerprint density at radius 2 is 1.83 bits per heavy atom. The second-order valence-electron chi connectivity index (χ2n) is 6.96. The van der Waals surface area contributed by atoms with E-state index in [1.165, 1.54) is 4.90 Å². The van der Waals surface area contributed by atoms with Crippen LogP contribution in [0.1, 0.15) is 26.7 Å². The minimum absolute atomic E-state index is 0.255. The predicted molar refractivity (Wildman–Crippen MR) is 106 cm³/mol. The zero-order valence-electron chi connectivity index (χ0n) is 16.5. The molecule has 11 nitrogen and oxygen atoms in total. The lowest BCUT2D eigenvalue weighted by Crippen LogP contribution is -2.58. The number of amides is 4. The minimum Gasteiger partial charge on any atom is -0.481 e. The van der Waals surface area contributed by atoms with Gasteiger partial charge in [0.2, 0.25) is 11.8 Å². The Bertz CT molecular complexity index is 857. The van der Waals surface area contributed by atoms with Gasteiger partial charge in [0.15, 0.2) is 0 Å². The number of anilines is 2. The number of nitrogens with one attached hydrogen (secondary N) is 3. The van der Waals surface area contributed by atoms with E-state index >= 15 is 0 Å². The fourth-order valence-corrected chi connectivity index (χ4v) is 2.96. The summed E-state index contributed by atoms with van der Waals surface area (Å²) in [4.78, 5) is 60.8. The summed E-state index contributed by atoms with van der Waals surface area (Å²) >= 11 is 0. The number of hydrogen-bond acceptors (Lipinski definition) is 5. The lowest BCUT2D eigenvalue weighted by molar-refractivity contribution is -0.147. The van der Waals surface area contributed by atoms with E-state index in [1.54, 1.807) is 38.1 Å². The topological polar surface area (TPSA) is 165 Å². The number of carbonyl (C=O) groups is 5. The summed E-state index contributed by atoms with van der Waals surface area (Å²) in [7, 11) is 0. The van der Waals surface area contributed by atoms with Gasteiger partial charge in [-0.1, -0.05) is 32.4 Å². The Balaban J connectivity index is 2.21. The molecule has 4 amide bonds. The first-order valence-electron chi connectivity index (χ1n) is 9.35. The predicted octanol–water partition coefficient (Wildman–Crippen LogP) is 0.614. The molecule has 0 fully saturated rings. The number of fused-ring (bicyclic) bond motifs is 1. The highest BCUT2D eigenvalue weighted by molar-refractivity contribution is 6.10. The van der Waals surface area contributed by atoms with E-state index in [-0.39, 0.29) is 12.5 Å². The van der Waals surface area contributed by atoms with Crippen LogP contribution in [0.2, 0.25) is 0 Å². The first-order chi connectivity index (χ1) is 14.1. The van der Waals surface area contributed by atoms with Crippen molar-refractivity contribution >= 4 is 41.2 Å². The lowest BCUT2D eigenvalue weighted by Gasteiger charge is -2.32. The summed E-state index contributed by atoms with van der Waals surface area (Å²) in [5.74, 6) is -4.49. The van der Waals surface area contributed by atoms with Crippen LogP contribution in [0.15, 0.2) is 24.3 Å². The number of carbonyl (C=O) groups excluding carboxylic acids is 3. The Morgan fingerprint density at radius 1 is 1.17 bits per heavy atom. The van der Waals surface area contributed by atoms with Crippen LogP contribution in [0.4, 0.5) is 16.2 Å². The fraction of sp³-hybridized carbons (Fsp3) is 0.421. The van der Waals surface area contributed by atoms with Gasteiger partial charge >= 0.3 is 18.0 Å². The van der Waals surface area contributed by atoms with E-state index in [9.17, 15) is 24.0 Å². The summed E-state index contributed by atoms with van der Waals surface area (Å²) in [6, 6.07) is 3.19. The number of hydrogen-bond donors (Lipinski definition) is 5. The van der Waals surface area contributed by atoms with Crippen LogP contribution in [0.25, 0.3) is 0 Å². The van der Waals surface area contributed by atoms with E-state index in [1.807, 2.05) is 0 Å². The number of benzene rings is 1. The fourth-order valence-electron chi connectivity index (χ4n) is 2.96. The van der Waals surface area contributed by atoms with Crippen molar-refractivity contribution in [3.05, 3.63) is 24.3 Å². The van der Waals surface area contributed by atoms with Gasteiger partial charge in [-0.25, -0.2) is 9.59 Å². The molecule has 2 rings (SSSR count). The van der Waals surface area contributed by atoms with E-state index < -0.39 is 48.3 Å². The zero-order chi connectivity index (χ0) is 22.4. The molecule has 1 aromatic rings. The highest BCUT2D eigenvalue weighted by Crippen LogP contribution is 2.29. The molecule has 0 aliphatic carbocycles. The van der Waals surface area contributed by atoms with Crippen molar-refractivity contribution in [3.8, 4) is 0 Å². The number of para-hydroxylation sites is 2. The molecule has 162 valence electrons. The highest BCUT2D eigenvalue weighted by atomic mass is 16.4. The van der Waals surface area contributed by atoms with Crippen LogP contribution in [0.3, 0.4) is 0 Å². The Kier molecular flexibility index (Phi) is 7.34. The lowest BCUT2D eigenvalue weighted by atomic mass is 9.98. The number of carboxylic acid groups (broad SMARTS) is 2. The van der Waals surface area contributed by atoms with Gasteiger partial charge in [0.05, 0.1) is 17.8 Å². The maximum atomic E-state index is 12.9. The summed E-state index contributed by atoms with van der Waals surface area (Å²) in [5, 5.41) is 25.4. The van der Waals surface area contributed by atoms with Gasteiger partial charge in [-0.3, -0.25) is 19.3 Å². The molecule has 0 spiro atoms. The Morgan fingerprint density at radius 3 is 2.43 bits per heavy atom. The summed E-state index contributed by atoms with van der Waals surface area (Å²) < 4.78 is 0. The summed E-state index contributed by atoms with van der Waals surface area (Å²) in [5.41, 5.74) is 0.896. The van der Waals surface area contributed by atoms with Gasteiger partial charge in [-0.05, 0) is 18.1 Å². The van der Waals surface area contributed by atoms with Gasteiger partial charge in [-0.15, -0.1) is 0 Å². The highest BCUT2D eigenvalue weighted by Gasteiger charge is 2.34. The van der Waals surface area contributed by atoms with Crippen molar-refractivity contribution in [2.45, 2.75) is 38.8 Å². The van der Waals surface area contributed by atoms with E-state index in [0.29, 0.717) is 17.8 Å². The second-order valence-corrected chi connectivity index (χ2v) is 6.96. The van der Waals surface area contributed by atoms with Crippen LogP contribution < -0.4 is 20.9 Å². The zero-order valence-corrected chi connectivity index (χ0v) is 16.5. The van der Waals surface area contributed by atoms with E-state index in [2.05, 4.69) is 16.0 Å². The molecular formula is C19H24N4O7. The van der Waals surface area contributed by atoms with Gasteiger partial charge in [0, 0.05) is 0 Å².